The maximum atomic E-state index is 12.5. The van der Waals surface area contributed by atoms with Crippen LogP contribution in [-0.4, -0.2) is 11.9 Å². The third-order valence-electron chi connectivity index (χ3n) is 3.58. The van der Waals surface area contributed by atoms with E-state index in [-0.39, 0.29) is 5.76 Å². The molecule has 1 N–H and O–H groups in total. The largest absolute Gasteiger partial charge is 0.465 e. The molecule has 0 bridgehead atoms. The van der Waals surface area contributed by atoms with Crippen molar-refractivity contribution < 1.29 is 18.7 Å². The fourth-order valence-corrected chi connectivity index (χ4v) is 2.31. The van der Waals surface area contributed by atoms with Crippen LogP contribution in [0.3, 0.4) is 0 Å². The summed E-state index contributed by atoms with van der Waals surface area (Å²) in [4.78, 5) is 24.8. The SMILES string of the molecule is O=C(OC(C(=O)NCc1ccccc1)c1ccco1)c1ccccc1. The third kappa shape index (κ3) is 4.35. The van der Waals surface area contributed by atoms with Crippen LogP contribution in [0.5, 0.6) is 0 Å². The molecule has 2 aromatic carbocycles. The molecular weight excluding hydrogens is 318 g/mol. The van der Waals surface area contributed by atoms with Crippen LogP contribution in [-0.2, 0) is 16.1 Å². The molecule has 0 saturated heterocycles. The lowest BCUT2D eigenvalue weighted by Gasteiger charge is -2.16. The molecule has 3 rings (SSSR count). The summed E-state index contributed by atoms with van der Waals surface area (Å²) in [5.41, 5.74) is 1.32. The van der Waals surface area contributed by atoms with E-state index in [9.17, 15) is 9.59 Å². The van der Waals surface area contributed by atoms with Crippen LogP contribution in [0, 0.1) is 0 Å². The number of hydrogen-bond acceptors (Lipinski definition) is 4. The Kier molecular flexibility index (Phi) is 5.26. The monoisotopic (exact) mass is 335 g/mol. The average molecular weight is 335 g/mol. The molecular formula is C20H17NO4. The van der Waals surface area contributed by atoms with E-state index < -0.39 is 18.0 Å². The van der Waals surface area contributed by atoms with Gasteiger partial charge in [-0.25, -0.2) is 4.79 Å². The number of carbonyl (C=O) groups excluding carboxylic acids is 2. The molecule has 0 aliphatic carbocycles. The number of nitrogens with one attached hydrogen (secondary N) is 1. The van der Waals surface area contributed by atoms with Crippen LogP contribution in [0.2, 0.25) is 0 Å². The molecule has 0 aliphatic heterocycles. The Bertz CT molecular complexity index is 813. The van der Waals surface area contributed by atoms with Crippen LogP contribution < -0.4 is 5.32 Å². The Balaban J connectivity index is 1.71. The summed E-state index contributed by atoms with van der Waals surface area (Å²) in [6, 6.07) is 21.2. The van der Waals surface area contributed by atoms with Crippen molar-refractivity contribution in [2.24, 2.45) is 0 Å². The van der Waals surface area contributed by atoms with Gasteiger partial charge in [0.1, 0.15) is 0 Å². The van der Waals surface area contributed by atoms with E-state index >= 15 is 0 Å². The highest BCUT2D eigenvalue weighted by Crippen LogP contribution is 2.20. The molecule has 1 atom stereocenters. The topological polar surface area (TPSA) is 68.5 Å². The van der Waals surface area contributed by atoms with E-state index in [0.29, 0.717) is 12.1 Å². The molecule has 126 valence electrons. The second-order valence-corrected chi connectivity index (χ2v) is 5.37. The lowest BCUT2D eigenvalue weighted by molar-refractivity contribution is -0.131. The van der Waals surface area contributed by atoms with Crippen LogP contribution in [0.15, 0.2) is 83.5 Å². The molecule has 1 heterocycles. The Labute approximate surface area is 145 Å². The summed E-state index contributed by atoms with van der Waals surface area (Å²) < 4.78 is 10.7. The molecule has 1 aromatic heterocycles. The van der Waals surface area contributed by atoms with Crippen LogP contribution in [0.25, 0.3) is 0 Å². The second-order valence-electron chi connectivity index (χ2n) is 5.37. The van der Waals surface area contributed by atoms with E-state index in [1.165, 1.54) is 6.26 Å². The van der Waals surface area contributed by atoms with Gasteiger partial charge in [-0.15, -0.1) is 0 Å². The molecule has 25 heavy (non-hydrogen) atoms. The number of esters is 1. The first-order chi connectivity index (χ1) is 12.2. The Morgan fingerprint density at radius 3 is 2.24 bits per heavy atom. The lowest BCUT2D eigenvalue weighted by atomic mass is 10.2. The predicted molar refractivity (Wildman–Crippen MR) is 91.6 cm³/mol. The lowest BCUT2D eigenvalue weighted by Crippen LogP contribution is -2.31. The summed E-state index contributed by atoms with van der Waals surface area (Å²) in [5.74, 6) is -0.755. The minimum atomic E-state index is -1.15. The second kappa shape index (κ2) is 7.97. The summed E-state index contributed by atoms with van der Waals surface area (Å²) >= 11 is 0. The maximum absolute atomic E-state index is 12.5. The molecule has 5 nitrogen and oxygen atoms in total. The molecule has 1 amide bonds. The van der Waals surface area contributed by atoms with Crippen molar-refractivity contribution >= 4 is 11.9 Å². The molecule has 1 unspecified atom stereocenters. The van der Waals surface area contributed by atoms with E-state index in [0.717, 1.165) is 5.56 Å². The van der Waals surface area contributed by atoms with Gasteiger partial charge in [0.2, 0.25) is 6.10 Å². The zero-order valence-corrected chi connectivity index (χ0v) is 13.4. The number of hydrogen-bond donors (Lipinski definition) is 1. The summed E-state index contributed by atoms with van der Waals surface area (Å²) in [5, 5.41) is 2.77. The van der Waals surface area contributed by atoms with Gasteiger partial charge in [0.15, 0.2) is 5.76 Å². The Hall–Kier alpha value is -3.34. The minimum Gasteiger partial charge on any atom is -0.465 e. The fraction of sp³-hybridized carbons (Fsp3) is 0.100. The highest BCUT2D eigenvalue weighted by molar-refractivity contribution is 5.92. The molecule has 0 spiro atoms. The number of benzene rings is 2. The Morgan fingerprint density at radius 2 is 1.60 bits per heavy atom. The minimum absolute atomic E-state index is 0.273. The molecule has 0 saturated carbocycles. The van der Waals surface area contributed by atoms with Crippen LogP contribution >= 0.6 is 0 Å². The van der Waals surface area contributed by atoms with Gasteiger partial charge in [0.05, 0.1) is 11.8 Å². The average Bonchev–Trinajstić information content (AvgIpc) is 3.20. The van der Waals surface area contributed by atoms with Gasteiger partial charge in [-0.1, -0.05) is 48.5 Å². The van der Waals surface area contributed by atoms with Crippen molar-refractivity contribution in [3.8, 4) is 0 Å². The van der Waals surface area contributed by atoms with Crippen molar-refractivity contribution in [2.75, 3.05) is 0 Å². The zero-order valence-electron chi connectivity index (χ0n) is 13.4. The highest BCUT2D eigenvalue weighted by Gasteiger charge is 2.27. The predicted octanol–water partition coefficient (Wildman–Crippen LogP) is 3.49. The van der Waals surface area contributed by atoms with Crippen molar-refractivity contribution in [1.29, 1.82) is 0 Å². The summed E-state index contributed by atoms with van der Waals surface area (Å²) in [6.07, 6.45) is 0.287. The van der Waals surface area contributed by atoms with Gasteiger partial charge < -0.3 is 14.5 Å². The van der Waals surface area contributed by atoms with Crippen molar-refractivity contribution in [2.45, 2.75) is 12.6 Å². The van der Waals surface area contributed by atoms with Gasteiger partial charge in [-0.2, -0.15) is 0 Å². The first-order valence-corrected chi connectivity index (χ1v) is 7.85. The zero-order chi connectivity index (χ0) is 17.5. The molecule has 0 aliphatic rings. The smallest absolute Gasteiger partial charge is 0.339 e. The molecule has 3 aromatic rings. The third-order valence-corrected chi connectivity index (χ3v) is 3.58. The molecule has 5 heteroatoms. The van der Waals surface area contributed by atoms with E-state index in [1.807, 2.05) is 30.3 Å². The first kappa shape index (κ1) is 16.5. The van der Waals surface area contributed by atoms with Crippen LogP contribution in [0.4, 0.5) is 0 Å². The standard InChI is InChI=1S/C20H17NO4/c22-19(21-14-15-8-3-1-4-9-15)18(17-12-7-13-24-17)25-20(23)16-10-5-2-6-11-16/h1-13,18H,14H2,(H,21,22). The number of furan rings is 1. The highest BCUT2D eigenvalue weighted by atomic mass is 16.6. The van der Waals surface area contributed by atoms with Gasteiger partial charge in [-0.05, 0) is 29.8 Å². The van der Waals surface area contributed by atoms with Crippen molar-refractivity contribution in [1.82, 2.24) is 5.32 Å². The van der Waals surface area contributed by atoms with Gasteiger partial charge in [0.25, 0.3) is 5.91 Å². The molecule has 0 fully saturated rings. The van der Waals surface area contributed by atoms with Gasteiger partial charge >= 0.3 is 5.97 Å². The fourth-order valence-electron chi connectivity index (χ4n) is 2.31. The van der Waals surface area contributed by atoms with Gasteiger partial charge in [-0.3, -0.25) is 4.79 Å². The van der Waals surface area contributed by atoms with E-state index in [4.69, 9.17) is 9.15 Å². The quantitative estimate of drug-likeness (QED) is 0.700. The number of rotatable bonds is 6. The van der Waals surface area contributed by atoms with E-state index in [1.54, 1.807) is 42.5 Å². The summed E-state index contributed by atoms with van der Waals surface area (Å²) in [7, 11) is 0. The Morgan fingerprint density at radius 1 is 0.920 bits per heavy atom. The first-order valence-electron chi connectivity index (χ1n) is 7.85. The van der Waals surface area contributed by atoms with E-state index in [2.05, 4.69) is 5.32 Å². The number of amides is 1. The maximum Gasteiger partial charge on any atom is 0.339 e. The normalized spacial score (nSPS) is 11.5. The number of carbonyl (C=O) groups is 2. The number of ether oxygens (including phenoxy) is 1. The summed E-state index contributed by atoms with van der Waals surface area (Å²) in [6.45, 7) is 0.333. The molecule has 0 radical (unpaired) electrons. The van der Waals surface area contributed by atoms with Gasteiger partial charge in [0, 0.05) is 6.54 Å². The van der Waals surface area contributed by atoms with Crippen LogP contribution in [0.1, 0.15) is 27.8 Å². The van der Waals surface area contributed by atoms with Crippen molar-refractivity contribution in [3.05, 3.63) is 95.9 Å². The van der Waals surface area contributed by atoms with Crippen molar-refractivity contribution in [3.63, 3.8) is 0 Å².